The first kappa shape index (κ1) is 26.4. The van der Waals surface area contributed by atoms with E-state index in [1.54, 1.807) is 0 Å². The van der Waals surface area contributed by atoms with Crippen molar-refractivity contribution in [1.29, 1.82) is 0 Å². The zero-order valence-corrected chi connectivity index (χ0v) is 21.9. The number of benzene rings is 1. The van der Waals surface area contributed by atoms with Crippen LogP contribution in [0.15, 0.2) is 24.3 Å². The van der Waals surface area contributed by atoms with E-state index in [0.717, 1.165) is 25.2 Å². The number of hydrogen-bond donors (Lipinski definition) is 3. The molecule has 0 aliphatic carbocycles. The van der Waals surface area contributed by atoms with Crippen LogP contribution < -0.4 is 15.5 Å². The predicted molar refractivity (Wildman–Crippen MR) is 138 cm³/mol. The lowest BCUT2D eigenvalue weighted by atomic mass is 9.66. The molecule has 2 bridgehead atoms. The van der Waals surface area contributed by atoms with Gasteiger partial charge < -0.3 is 30.3 Å². The van der Waals surface area contributed by atoms with Gasteiger partial charge in [-0.3, -0.25) is 14.4 Å². The van der Waals surface area contributed by atoms with E-state index in [0.29, 0.717) is 31.5 Å². The fourth-order valence-electron chi connectivity index (χ4n) is 6.52. The van der Waals surface area contributed by atoms with Crippen LogP contribution in [0.4, 0.5) is 11.4 Å². The average Bonchev–Trinajstić information content (AvgIpc) is 3.43. The number of carbonyl (C=O) groups is 3. The van der Waals surface area contributed by atoms with Gasteiger partial charge in [-0.1, -0.05) is 6.92 Å². The van der Waals surface area contributed by atoms with E-state index >= 15 is 0 Å². The van der Waals surface area contributed by atoms with E-state index < -0.39 is 29.1 Å². The second kappa shape index (κ2) is 10.4. The lowest BCUT2D eigenvalue weighted by Gasteiger charge is -2.33. The van der Waals surface area contributed by atoms with Gasteiger partial charge in [0.05, 0.1) is 17.4 Å². The second-order valence-corrected chi connectivity index (χ2v) is 10.3. The lowest BCUT2D eigenvalue weighted by Crippen LogP contribution is -2.53. The Kier molecular flexibility index (Phi) is 7.61. The highest BCUT2D eigenvalue weighted by molar-refractivity contribution is 6.03. The summed E-state index contributed by atoms with van der Waals surface area (Å²) in [5.41, 5.74) is -0.128. The summed E-state index contributed by atoms with van der Waals surface area (Å²) in [5, 5.41) is 15.4. The van der Waals surface area contributed by atoms with Crippen LogP contribution in [0.25, 0.3) is 0 Å². The van der Waals surface area contributed by atoms with Crippen LogP contribution >= 0.6 is 0 Å². The van der Waals surface area contributed by atoms with Gasteiger partial charge in [-0.05, 0) is 70.7 Å². The molecule has 0 saturated carbocycles. The zero-order chi connectivity index (χ0) is 26.1. The highest BCUT2D eigenvalue weighted by Gasteiger charge is 2.77. The summed E-state index contributed by atoms with van der Waals surface area (Å²) in [6.45, 7) is 10.5. The topological polar surface area (TPSA) is 111 Å². The Morgan fingerprint density at radius 2 is 1.83 bits per heavy atom. The van der Waals surface area contributed by atoms with E-state index in [4.69, 9.17) is 4.74 Å². The third-order valence-electron chi connectivity index (χ3n) is 8.18. The fraction of sp³-hybridized carbons (Fsp3) is 0.667. The quantitative estimate of drug-likeness (QED) is 0.429. The van der Waals surface area contributed by atoms with Gasteiger partial charge in [0.25, 0.3) is 0 Å². The molecule has 3 heterocycles. The SMILES string of the molecule is CCCNC(=O)[C@H]1[C@H]2C(=O)N(CCCO)C(C(=O)Nc3ccc(N(CC)CC)cc3)C23CC[C@]1(C)O3. The van der Waals surface area contributed by atoms with Crippen molar-refractivity contribution in [3.05, 3.63) is 24.3 Å². The molecule has 9 nitrogen and oxygen atoms in total. The minimum Gasteiger partial charge on any atom is -0.396 e. The summed E-state index contributed by atoms with van der Waals surface area (Å²) in [7, 11) is 0. The summed E-state index contributed by atoms with van der Waals surface area (Å²) < 4.78 is 6.56. The number of carbonyl (C=O) groups excluding carboxylic acids is 3. The Bertz CT molecular complexity index is 981. The van der Waals surface area contributed by atoms with Crippen LogP contribution in [0.1, 0.15) is 53.4 Å². The van der Waals surface area contributed by atoms with Crippen molar-refractivity contribution in [2.75, 3.05) is 43.0 Å². The standard InChI is InChI=1S/C27H40N4O5/c1-5-15-28-23(33)20-21-25(35)31(16-8-17-32)22(27(21)14-13-26(20,4)36-27)24(34)29-18-9-11-19(12-10-18)30(6-2)7-3/h9-12,20-22,32H,5-8,13-17H2,1-4H3,(H,28,33)(H,29,34)/t20-,21+,22?,26+,27?/m1/s1. The van der Waals surface area contributed by atoms with Crippen LogP contribution in [0.5, 0.6) is 0 Å². The van der Waals surface area contributed by atoms with E-state index in [1.807, 2.05) is 38.1 Å². The molecule has 3 aliphatic rings. The second-order valence-electron chi connectivity index (χ2n) is 10.3. The number of fused-ring (bicyclic) bond motifs is 1. The van der Waals surface area contributed by atoms with Gasteiger partial charge in [0, 0.05) is 44.2 Å². The Morgan fingerprint density at radius 3 is 2.44 bits per heavy atom. The van der Waals surface area contributed by atoms with Gasteiger partial charge >= 0.3 is 0 Å². The number of amides is 3. The fourth-order valence-corrected chi connectivity index (χ4v) is 6.52. The molecule has 3 aliphatic heterocycles. The van der Waals surface area contributed by atoms with Crippen molar-refractivity contribution in [2.45, 2.75) is 70.6 Å². The smallest absolute Gasteiger partial charge is 0.250 e. The zero-order valence-electron chi connectivity index (χ0n) is 21.9. The highest BCUT2D eigenvalue weighted by atomic mass is 16.5. The Hall–Kier alpha value is -2.65. The van der Waals surface area contributed by atoms with Crippen LogP contribution in [0, 0.1) is 11.8 Å². The van der Waals surface area contributed by atoms with Crippen molar-refractivity contribution in [1.82, 2.24) is 10.2 Å². The molecule has 9 heteroatoms. The van der Waals surface area contributed by atoms with Gasteiger partial charge in [0.1, 0.15) is 11.6 Å². The normalized spacial score (nSPS) is 30.4. The molecule has 3 saturated heterocycles. The first-order valence-corrected chi connectivity index (χ1v) is 13.3. The molecule has 0 aromatic heterocycles. The Morgan fingerprint density at radius 1 is 1.14 bits per heavy atom. The van der Waals surface area contributed by atoms with Crippen molar-refractivity contribution >= 4 is 29.1 Å². The number of aliphatic hydroxyl groups is 1. The summed E-state index contributed by atoms with van der Waals surface area (Å²) in [5.74, 6) is -2.10. The maximum atomic E-state index is 13.8. The molecule has 198 valence electrons. The van der Waals surface area contributed by atoms with Crippen molar-refractivity contribution in [3.63, 3.8) is 0 Å². The molecule has 36 heavy (non-hydrogen) atoms. The molecule has 1 aromatic rings. The molecule has 5 atom stereocenters. The molecular formula is C27H40N4O5. The van der Waals surface area contributed by atoms with Gasteiger partial charge in [-0.25, -0.2) is 0 Å². The molecule has 1 spiro atoms. The number of likely N-dealkylation sites (tertiary alicyclic amines) is 1. The average molecular weight is 501 g/mol. The van der Waals surface area contributed by atoms with Crippen LogP contribution in [-0.4, -0.2) is 77.8 Å². The van der Waals surface area contributed by atoms with Gasteiger partial charge in [-0.15, -0.1) is 0 Å². The molecule has 4 rings (SSSR count). The van der Waals surface area contributed by atoms with Crippen LogP contribution in [0.2, 0.25) is 0 Å². The minimum atomic E-state index is -1.05. The van der Waals surface area contributed by atoms with Gasteiger partial charge in [-0.2, -0.15) is 0 Å². The molecule has 2 unspecified atom stereocenters. The predicted octanol–water partition coefficient (Wildman–Crippen LogP) is 2.14. The number of nitrogens with zero attached hydrogens (tertiary/aromatic N) is 2. The van der Waals surface area contributed by atoms with E-state index in [2.05, 4.69) is 29.4 Å². The number of aliphatic hydroxyl groups excluding tert-OH is 1. The summed E-state index contributed by atoms with van der Waals surface area (Å²) in [4.78, 5) is 44.5. The van der Waals surface area contributed by atoms with E-state index in [1.165, 1.54) is 4.90 Å². The number of anilines is 2. The maximum absolute atomic E-state index is 13.8. The first-order valence-electron chi connectivity index (χ1n) is 13.3. The van der Waals surface area contributed by atoms with Crippen molar-refractivity contribution in [3.8, 4) is 0 Å². The van der Waals surface area contributed by atoms with Gasteiger partial charge in [0.2, 0.25) is 17.7 Å². The third kappa shape index (κ3) is 4.26. The van der Waals surface area contributed by atoms with Gasteiger partial charge in [0.15, 0.2) is 0 Å². The molecule has 3 fully saturated rings. The Balaban J connectivity index is 1.63. The molecule has 1 aromatic carbocycles. The largest absolute Gasteiger partial charge is 0.396 e. The number of hydrogen-bond acceptors (Lipinski definition) is 6. The highest BCUT2D eigenvalue weighted by Crippen LogP contribution is 2.63. The maximum Gasteiger partial charge on any atom is 0.250 e. The summed E-state index contributed by atoms with van der Waals surface area (Å²) in [6, 6.07) is 6.81. The van der Waals surface area contributed by atoms with Crippen molar-refractivity contribution in [2.24, 2.45) is 11.8 Å². The first-order chi connectivity index (χ1) is 17.3. The van der Waals surface area contributed by atoms with Crippen LogP contribution in [-0.2, 0) is 19.1 Å². The van der Waals surface area contributed by atoms with Crippen molar-refractivity contribution < 1.29 is 24.2 Å². The van der Waals surface area contributed by atoms with E-state index in [9.17, 15) is 19.5 Å². The van der Waals surface area contributed by atoms with Crippen LogP contribution in [0.3, 0.4) is 0 Å². The third-order valence-corrected chi connectivity index (χ3v) is 8.18. The Labute approximate surface area is 213 Å². The molecular weight excluding hydrogens is 460 g/mol. The lowest BCUT2D eigenvalue weighted by molar-refractivity contribution is -0.144. The summed E-state index contributed by atoms with van der Waals surface area (Å²) in [6.07, 6.45) is 2.28. The van der Waals surface area contributed by atoms with E-state index in [-0.39, 0.29) is 30.9 Å². The summed E-state index contributed by atoms with van der Waals surface area (Å²) >= 11 is 0. The molecule has 3 N–H and O–H groups in total. The number of rotatable bonds is 11. The molecule has 0 radical (unpaired) electrons. The number of ether oxygens (including phenoxy) is 1. The molecule has 3 amide bonds. The minimum absolute atomic E-state index is 0.0956. The monoisotopic (exact) mass is 500 g/mol. The number of nitrogens with one attached hydrogen (secondary N) is 2.